The maximum Gasteiger partial charge on any atom is 0.145 e. The first-order valence-electron chi connectivity index (χ1n) is 19.7. The number of para-hydroxylation sites is 2. The predicted octanol–water partition coefficient (Wildman–Crippen LogP) is 13.1. The first kappa shape index (κ1) is 23.6. The molecule has 0 unspecified atom stereocenters. The SMILES string of the molecule is [2H]c1c([2H])c([2H])c(-c2nc3ccccc3n2-c2ccc(-c3c4ccccc4c(-c4ccc5c6c(cccc46)-c4ccccc4-5)c4ccccc34)cc2)c([2H])c1[2H]. The van der Waals surface area contributed by atoms with E-state index in [1.54, 1.807) is 0 Å². The van der Waals surface area contributed by atoms with E-state index in [1.807, 2.05) is 41.0 Å². The molecule has 1 aromatic heterocycles. The van der Waals surface area contributed by atoms with Gasteiger partial charge in [-0.05, 0) is 101 Å². The number of rotatable bonds is 4. The monoisotopic (exact) mass is 651 g/mol. The van der Waals surface area contributed by atoms with Gasteiger partial charge in [-0.25, -0.2) is 4.98 Å². The van der Waals surface area contributed by atoms with Gasteiger partial charge in [-0.2, -0.15) is 0 Å². The maximum atomic E-state index is 8.76. The van der Waals surface area contributed by atoms with Gasteiger partial charge in [0.1, 0.15) is 5.82 Å². The average Bonchev–Trinajstić information content (AvgIpc) is 3.78. The smallest absolute Gasteiger partial charge is 0.145 e. The Kier molecular flexibility index (Phi) is 5.02. The van der Waals surface area contributed by atoms with Crippen LogP contribution in [0.5, 0.6) is 0 Å². The highest BCUT2D eigenvalue weighted by Gasteiger charge is 2.24. The van der Waals surface area contributed by atoms with Crippen molar-refractivity contribution >= 4 is 43.4 Å². The summed E-state index contributed by atoms with van der Waals surface area (Å²) in [5.41, 5.74) is 12.0. The molecule has 0 saturated carbocycles. The number of imidazole rings is 1. The van der Waals surface area contributed by atoms with Gasteiger partial charge in [0.25, 0.3) is 0 Å². The highest BCUT2D eigenvalue weighted by molar-refractivity contribution is 6.26. The second-order valence-electron chi connectivity index (χ2n) is 13.1. The number of benzene rings is 9. The number of hydrogen-bond donors (Lipinski definition) is 0. The lowest BCUT2D eigenvalue weighted by Gasteiger charge is -2.19. The molecule has 1 heterocycles. The van der Waals surface area contributed by atoms with Crippen LogP contribution in [0.15, 0.2) is 182 Å². The van der Waals surface area contributed by atoms with Crippen LogP contribution < -0.4 is 0 Å². The Bertz CT molecular complexity index is 3190. The van der Waals surface area contributed by atoms with E-state index in [9.17, 15) is 0 Å². The molecule has 51 heavy (non-hydrogen) atoms. The van der Waals surface area contributed by atoms with Crippen LogP contribution in [-0.2, 0) is 0 Å². The fourth-order valence-electron chi connectivity index (χ4n) is 8.35. The third-order valence-corrected chi connectivity index (χ3v) is 10.4. The van der Waals surface area contributed by atoms with Gasteiger partial charge in [0.2, 0.25) is 0 Å². The third-order valence-electron chi connectivity index (χ3n) is 10.4. The molecule has 1 aliphatic carbocycles. The van der Waals surface area contributed by atoms with E-state index in [0.717, 1.165) is 33.1 Å². The molecule has 0 aliphatic heterocycles. The third kappa shape index (κ3) is 4.08. The van der Waals surface area contributed by atoms with Gasteiger partial charge < -0.3 is 0 Å². The van der Waals surface area contributed by atoms with Crippen molar-refractivity contribution in [3.05, 3.63) is 182 Å². The molecule has 0 saturated heterocycles. The summed E-state index contributed by atoms with van der Waals surface area (Å²) in [6, 6.07) is 51.4. The van der Waals surface area contributed by atoms with E-state index in [-0.39, 0.29) is 29.7 Å². The van der Waals surface area contributed by atoms with Crippen molar-refractivity contribution in [3.8, 4) is 61.6 Å². The lowest BCUT2D eigenvalue weighted by atomic mass is 9.84. The average molecular weight is 652 g/mol. The van der Waals surface area contributed by atoms with Gasteiger partial charge >= 0.3 is 0 Å². The van der Waals surface area contributed by atoms with Crippen molar-refractivity contribution in [3.63, 3.8) is 0 Å². The van der Waals surface area contributed by atoms with Crippen molar-refractivity contribution in [2.24, 2.45) is 0 Å². The van der Waals surface area contributed by atoms with E-state index in [1.165, 1.54) is 54.9 Å². The molecular weight excluding hydrogens is 617 g/mol. The van der Waals surface area contributed by atoms with E-state index >= 15 is 0 Å². The van der Waals surface area contributed by atoms with E-state index in [4.69, 9.17) is 11.8 Å². The van der Waals surface area contributed by atoms with Crippen molar-refractivity contribution < 1.29 is 6.85 Å². The number of fused-ring (bicyclic) bond motifs is 6. The Morgan fingerprint density at radius 1 is 0.412 bits per heavy atom. The van der Waals surface area contributed by atoms with Crippen molar-refractivity contribution in [1.82, 2.24) is 9.55 Å². The summed E-state index contributed by atoms with van der Waals surface area (Å²) in [6.07, 6.45) is 0. The largest absolute Gasteiger partial charge is 0.292 e. The molecule has 2 nitrogen and oxygen atoms in total. The van der Waals surface area contributed by atoms with E-state index in [2.05, 4.69) is 115 Å². The topological polar surface area (TPSA) is 17.8 Å². The summed E-state index contributed by atoms with van der Waals surface area (Å²) < 4.78 is 44.3. The summed E-state index contributed by atoms with van der Waals surface area (Å²) in [4.78, 5) is 4.84. The summed E-state index contributed by atoms with van der Waals surface area (Å²) in [5, 5.41) is 7.18. The summed E-state index contributed by atoms with van der Waals surface area (Å²) >= 11 is 0. The van der Waals surface area contributed by atoms with Crippen LogP contribution in [0.2, 0.25) is 0 Å². The Morgan fingerprint density at radius 2 is 0.961 bits per heavy atom. The van der Waals surface area contributed by atoms with Gasteiger partial charge in [-0.15, -0.1) is 0 Å². The summed E-state index contributed by atoms with van der Waals surface area (Å²) in [6.45, 7) is 0. The summed E-state index contributed by atoms with van der Waals surface area (Å²) in [5.74, 6) is 0.296. The molecule has 11 rings (SSSR count). The Hall–Kier alpha value is -6.77. The predicted molar refractivity (Wildman–Crippen MR) is 214 cm³/mol. The van der Waals surface area contributed by atoms with Gasteiger partial charge in [-0.1, -0.05) is 158 Å². The highest BCUT2D eigenvalue weighted by Crippen LogP contribution is 2.51. The van der Waals surface area contributed by atoms with Crippen LogP contribution in [-0.4, -0.2) is 9.55 Å². The lowest BCUT2D eigenvalue weighted by Crippen LogP contribution is -1.98. The first-order valence-corrected chi connectivity index (χ1v) is 17.2. The minimum Gasteiger partial charge on any atom is -0.292 e. The number of hydrogen-bond acceptors (Lipinski definition) is 1. The maximum absolute atomic E-state index is 8.76. The molecule has 2 heteroatoms. The van der Waals surface area contributed by atoms with Crippen LogP contribution in [0.1, 0.15) is 6.85 Å². The normalized spacial score (nSPS) is 13.3. The molecule has 1 aliphatic rings. The molecule has 236 valence electrons. The zero-order valence-corrected chi connectivity index (χ0v) is 27.3. The molecule has 0 spiro atoms. The second-order valence-corrected chi connectivity index (χ2v) is 13.1. The zero-order valence-electron chi connectivity index (χ0n) is 32.3. The minimum absolute atomic E-state index is 0.0655. The molecule has 0 bridgehead atoms. The van der Waals surface area contributed by atoms with Crippen LogP contribution >= 0.6 is 0 Å². The van der Waals surface area contributed by atoms with E-state index in [0.29, 0.717) is 11.3 Å². The molecule has 0 radical (unpaired) electrons. The van der Waals surface area contributed by atoms with Crippen molar-refractivity contribution in [1.29, 1.82) is 0 Å². The van der Waals surface area contributed by atoms with Gasteiger partial charge in [0, 0.05) is 11.3 Å². The van der Waals surface area contributed by atoms with Crippen molar-refractivity contribution in [2.75, 3.05) is 0 Å². The molecule has 10 aromatic rings. The fourth-order valence-corrected chi connectivity index (χ4v) is 8.35. The molecule has 0 amide bonds. The molecule has 0 N–H and O–H groups in total. The number of aromatic nitrogens is 2. The molecular formula is C49H30N2. The first-order chi connectivity index (χ1) is 27.4. The number of nitrogens with zero attached hydrogens (tertiary/aromatic N) is 2. The van der Waals surface area contributed by atoms with Crippen LogP contribution in [0.3, 0.4) is 0 Å². The quantitative estimate of drug-likeness (QED) is 0.173. The fraction of sp³-hybridized carbons (Fsp3) is 0. The molecule has 0 fully saturated rings. The minimum atomic E-state index is -0.430. The Labute approximate surface area is 302 Å². The highest BCUT2D eigenvalue weighted by atomic mass is 15.1. The lowest BCUT2D eigenvalue weighted by molar-refractivity contribution is 1.10. The van der Waals surface area contributed by atoms with E-state index < -0.39 is 6.04 Å². The van der Waals surface area contributed by atoms with Crippen molar-refractivity contribution in [2.45, 2.75) is 0 Å². The van der Waals surface area contributed by atoms with Crippen LogP contribution in [0.4, 0.5) is 0 Å². The van der Waals surface area contributed by atoms with Crippen LogP contribution in [0, 0.1) is 0 Å². The Morgan fingerprint density at radius 3 is 1.67 bits per heavy atom. The van der Waals surface area contributed by atoms with Crippen LogP contribution in [0.25, 0.3) is 105 Å². The second kappa shape index (κ2) is 10.9. The zero-order chi connectivity index (χ0) is 37.8. The molecule has 0 atom stereocenters. The standard InChI is InChI=1S/C49H30N2/c1-2-13-32(14-3-1)49-50-44-23-10-11-24-45(44)51(49)33-27-25-31(26-28-33)46-37-17-6-8-19-39(37)48(40-20-9-7-18-38(40)46)43-30-29-42-35-16-5-4-15-34(35)36-21-12-22-41(43)47(36)42/h1-30H/i1D,2D,3D,13D,14D. The summed E-state index contributed by atoms with van der Waals surface area (Å²) in [7, 11) is 0. The molecule has 9 aromatic carbocycles. The van der Waals surface area contributed by atoms with Gasteiger partial charge in [0.15, 0.2) is 0 Å². The Balaban J connectivity index is 1.12. The van der Waals surface area contributed by atoms with Gasteiger partial charge in [0.05, 0.1) is 17.9 Å². The van der Waals surface area contributed by atoms with Gasteiger partial charge in [-0.3, -0.25) is 4.57 Å².